The van der Waals surface area contributed by atoms with Gasteiger partial charge in [-0.3, -0.25) is 9.78 Å². The Bertz CT molecular complexity index is 1070. The van der Waals surface area contributed by atoms with Crippen molar-refractivity contribution in [3.05, 3.63) is 53.6 Å². The van der Waals surface area contributed by atoms with Crippen LogP contribution in [0.2, 0.25) is 5.02 Å². The molecule has 3 aromatic heterocycles. The number of carbonyl (C=O) groups is 1. The van der Waals surface area contributed by atoms with E-state index in [0.29, 0.717) is 23.6 Å². The second kappa shape index (κ2) is 6.35. The lowest BCUT2D eigenvalue weighted by Crippen LogP contribution is -2.41. The van der Waals surface area contributed by atoms with E-state index in [0.717, 1.165) is 28.0 Å². The fraction of sp³-hybridized carbons (Fsp3) is 0.211. The van der Waals surface area contributed by atoms with Gasteiger partial charge in [-0.1, -0.05) is 11.6 Å². The van der Waals surface area contributed by atoms with Gasteiger partial charge in [0.05, 0.1) is 10.5 Å². The molecule has 0 unspecified atom stereocenters. The zero-order chi connectivity index (χ0) is 18.3. The molecule has 1 saturated carbocycles. The second-order valence-corrected chi connectivity index (χ2v) is 8.15. The topological polar surface area (TPSA) is 78.4 Å². The van der Waals surface area contributed by atoms with Gasteiger partial charge in [-0.05, 0) is 43.5 Å². The number of pyridine rings is 2. The highest BCUT2D eigenvalue weighted by molar-refractivity contribution is 8.01. The lowest BCUT2D eigenvalue weighted by molar-refractivity contribution is -0.142. The third kappa shape index (κ3) is 2.64. The van der Waals surface area contributed by atoms with Crippen LogP contribution >= 0.6 is 23.4 Å². The van der Waals surface area contributed by atoms with Gasteiger partial charge in [0.1, 0.15) is 16.5 Å². The van der Waals surface area contributed by atoms with Crippen LogP contribution in [-0.4, -0.2) is 25.2 Å². The molecule has 0 amide bonds. The summed E-state index contributed by atoms with van der Waals surface area (Å²) in [6.45, 7) is 0. The summed E-state index contributed by atoms with van der Waals surface area (Å²) in [4.78, 5) is 16.9. The largest absolute Gasteiger partial charge is 0.480 e. The van der Waals surface area contributed by atoms with Crippen LogP contribution < -0.4 is 0 Å². The highest BCUT2D eigenvalue weighted by Gasteiger charge is 2.45. The smallest absolute Gasteiger partial charge is 0.320 e. The molecule has 0 bridgehead atoms. The third-order valence-electron chi connectivity index (χ3n) is 4.77. The highest BCUT2D eigenvalue weighted by Crippen LogP contribution is 2.50. The number of halogens is 1. The summed E-state index contributed by atoms with van der Waals surface area (Å²) in [6, 6.07) is 9.40. The number of nitrogens with zero attached hydrogens (tertiary/aromatic N) is 3. The molecule has 130 valence electrons. The Morgan fingerprint density at radius 2 is 2.15 bits per heavy atom. The van der Waals surface area contributed by atoms with Gasteiger partial charge in [0, 0.05) is 34.6 Å². The zero-order valence-electron chi connectivity index (χ0n) is 13.6. The molecule has 26 heavy (non-hydrogen) atoms. The van der Waals surface area contributed by atoms with Gasteiger partial charge in [0.2, 0.25) is 0 Å². The number of hydrogen-bond acceptors (Lipinski definition) is 4. The van der Waals surface area contributed by atoms with Gasteiger partial charge in [0.25, 0.3) is 0 Å². The highest BCUT2D eigenvalue weighted by atomic mass is 35.5. The van der Waals surface area contributed by atoms with Crippen LogP contribution in [0.15, 0.2) is 47.8 Å². The number of nitriles is 1. The fourth-order valence-electron chi connectivity index (χ4n) is 3.22. The number of aliphatic carboxylic acids is 1. The molecule has 1 aliphatic rings. The van der Waals surface area contributed by atoms with E-state index in [4.69, 9.17) is 11.6 Å². The number of carboxylic acids is 1. The van der Waals surface area contributed by atoms with Crippen LogP contribution in [0.25, 0.3) is 16.6 Å². The van der Waals surface area contributed by atoms with Crippen molar-refractivity contribution in [2.75, 3.05) is 0 Å². The molecule has 0 aliphatic heterocycles. The maximum absolute atomic E-state index is 11.8. The quantitative estimate of drug-likeness (QED) is 0.710. The zero-order valence-corrected chi connectivity index (χ0v) is 15.2. The number of carboxylic acid groups (broad SMARTS) is 1. The van der Waals surface area contributed by atoms with Gasteiger partial charge >= 0.3 is 5.97 Å². The van der Waals surface area contributed by atoms with Crippen molar-refractivity contribution in [2.24, 2.45) is 0 Å². The van der Waals surface area contributed by atoms with Gasteiger partial charge in [-0.25, -0.2) is 0 Å². The van der Waals surface area contributed by atoms with E-state index in [1.807, 2.05) is 12.1 Å². The Kier molecular flexibility index (Phi) is 4.14. The van der Waals surface area contributed by atoms with E-state index in [1.165, 1.54) is 11.8 Å². The average molecular weight is 384 g/mol. The first-order chi connectivity index (χ1) is 12.5. The molecule has 7 heteroatoms. The van der Waals surface area contributed by atoms with Crippen molar-refractivity contribution >= 4 is 34.8 Å². The molecule has 1 aliphatic carbocycles. The van der Waals surface area contributed by atoms with Crippen LogP contribution in [0.4, 0.5) is 0 Å². The number of hydrogen-bond donors (Lipinski definition) is 1. The molecule has 0 aromatic carbocycles. The monoisotopic (exact) mass is 383 g/mol. The molecular weight excluding hydrogens is 370 g/mol. The van der Waals surface area contributed by atoms with Crippen LogP contribution in [0.5, 0.6) is 0 Å². The van der Waals surface area contributed by atoms with E-state index in [9.17, 15) is 15.2 Å². The molecule has 0 spiro atoms. The summed E-state index contributed by atoms with van der Waals surface area (Å²) in [7, 11) is 0. The van der Waals surface area contributed by atoms with Crippen molar-refractivity contribution in [2.45, 2.75) is 28.9 Å². The Labute approximate surface area is 159 Å². The summed E-state index contributed by atoms with van der Waals surface area (Å²) in [5, 5.41) is 19.5. The number of aromatic nitrogens is 2. The first-order valence-corrected chi connectivity index (χ1v) is 9.31. The van der Waals surface area contributed by atoms with Crippen LogP contribution in [0.1, 0.15) is 25.0 Å². The average Bonchev–Trinajstić information content (AvgIpc) is 2.98. The summed E-state index contributed by atoms with van der Waals surface area (Å²) in [6.07, 6.45) is 7.36. The summed E-state index contributed by atoms with van der Waals surface area (Å²) in [5.74, 6) is -0.771. The normalized spacial score (nSPS) is 15.4. The number of thioether (sulfide) groups is 1. The predicted molar refractivity (Wildman–Crippen MR) is 100 cm³/mol. The Hall–Kier alpha value is -2.49. The minimum absolute atomic E-state index is 0.481. The maximum Gasteiger partial charge on any atom is 0.320 e. The molecule has 3 aromatic rings. The summed E-state index contributed by atoms with van der Waals surface area (Å²) in [5.41, 5.74) is 2.98. The van der Waals surface area contributed by atoms with E-state index < -0.39 is 10.7 Å². The number of fused-ring (bicyclic) bond motifs is 1. The van der Waals surface area contributed by atoms with Gasteiger partial charge in [0.15, 0.2) is 0 Å². The molecule has 1 N–H and O–H groups in total. The maximum atomic E-state index is 11.8. The van der Waals surface area contributed by atoms with Crippen molar-refractivity contribution in [3.8, 4) is 17.2 Å². The predicted octanol–water partition coefficient (Wildman–Crippen LogP) is 4.63. The van der Waals surface area contributed by atoms with Crippen molar-refractivity contribution in [3.63, 3.8) is 0 Å². The van der Waals surface area contributed by atoms with Crippen LogP contribution in [0, 0.1) is 11.3 Å². The van der Waals surface area contributed by atoms with E-state index >= 15 is 0 Å². The minimum Gasteiger partial charge on any atom is -0.480 e. The molecule has 5 nitrogen and oxygen atoms in total. The van der Waals surface area contributed by atoms with E-state index in [1.54, 1.807) is 35.1 Å². The van der Waals surface area contributed by atoms with E-state index in [-0.39, 0.29) is 0 Å². The summed E-state index contributed by atoms with van der Waals surface area (Å²) >= 11 is 7.55. The Morgan fingerprint density at radius 3 is 2.81 bits per heavy atom. The Balaban J connectivity index is 1.87. The standard InChI is InChI=1S/C19H14ClN3O2S/c20-12-8-16-14(3-2-13(9-21)23(16)11-12)15-10-22-7-4-17(15)26-19(18(24)25)5-1-6-19/h2-4,7-8,10-11H,1,5-6H2,(H,24,25). The molecule has 0 atom stereocenters. The fourth-order valence-corrected chi connectivity index (χ4v) is 4.83. The molecular formula is C19H14ClN3O2S. The van der Waals surface area contributed by atoms with Gasteiger partial charge in [-0.2, -0.15) is 5.26 Å². The van der Waals surface area contributed by atoms with Crippen molar-refractivity contribution in [1.82, 2.24) is 9.38 Å². The molecule has 3 heterocycles. The first-order valence-electron chi connectivity index (χ1n) is 8.11. The van der Waals surface area contributed by atoms with Crippen LogP contribution in [-0.2, 0) is 4.79 Å². The lowest BCUT2D eigenvalue weighted by Gasteiger charge is -2.37. The first kappa shape index (κ1) is 17.0. The molecule has 4 rings (SSSR count). The van der Waals surface area contributed by atoms with E-state index in [2.05, 4.69) is 11.1 Å². The Morgan fingerprint density at radius 1 is 1.35 bits per heavy atom. The molecule has 0 saturated heterocycles. The SMILES string of the molecule is N#Cc1ccc(-c2cnccc2SC2(C(=O)O)CCC2)c2cc(Cl)cn12. The van der Waals surface area contributed by atoms with Crippen molar-refractivity contribution < 1.29 is 9.90 Å². The van der Waals surface area contributed by atoms with Gasteiger partial charge in [-0.15, -0.1) is 11.8 Å². The number of rotatable bonds is 4. The third-order valence-corrected chi connectivity index (χ3v) is 6.53. The van der Waals surface area contributed by atoms with Gasteiger partial charge < -0.3 is 9.51 Å². The summed E-state index contributed by atoms with van der Waals surface area (Å²) < 4.78 is 0.980. The van der Waals surface area contributed by atoms with Crippen molar-refractivity contribution in [1.29, 1.82) is 5.26 Å². The lowest BCUT2D eigenvalue weighted by atomic mass is 9.84. The molecule has 0 radical (unpaired) electrons. The molecule has 1 fully saturated rings. The second-order valence-electron chi connectivity index (χ2n) is 6.28. The minimum atomic E-state index is -0.771. The van der Waals surface area contributed by atoms with Crippen LogP contribution in [0.3, 0.4) is 0 Å².